The normalized spacial score (nSPS) is 11.0. The first-order valence-corrected chi connectivity index (χ1v) is 8.36. The summed E-state index contributed by atoms with van der Waals surface area (Å²) in [6.45, 7) is 2.45. The van der Waals surface area contributed by atoms with Gasteiger partial charge in [-0.05, 0) is 36.2 Å². The predicted octanol–water partition coefficient (Wildman–Crippen LogP) is 3.29. The molecule has 2 N–H and O–H groups in total. The highest BCUT2D eigenvalue weighted by atomic mass is 16.5. The smallest absolute Gasteiger partial charge is 0.221 e. The zero-order chi connectivity index (χ0) is 18.4. The van der Waals surface area contributed by atoms with Crippen LogP contribution in [0.4, 0.5) is 5.95 Å². The minimum Gasteiger partial charge on any atom is -0.493 e. The van der Waals surface area contributed by atoms with Crippen molar-refractivity contribution in [2.45, 2.75) is 13.3 Å². The number of anilines is 1. The first kappa shape index (κ1) is 17.5. The molecule has 0 saturated heterocycles. The van der Waals surface area contributed by atoms with Crippen molar-refractivity contribution in [3.63, 3.8) is 0 Å². The van der Waals surface area contributed by atoms with Crippen molar-refractivity contribution in [1.82, 2.24) is 9.66 Å². The number of methoxy groups -OCH3 is 1. The summed E-state index contributed by atoms with van der Waals surface area (Å²) in [5, 5.41) is 4.31. The second-order valence-corrected chi connectivity index (χ2v) is 5.82. The lowest BCUT2D eigenvalue weighted by Gasteiger charge is -2.11. The Kier molecular flexibility index (Phi) is 5.53. The van der Waals surface area contributed by atoms with Gasteiger partial charge in [0.2, 0.25) is 5.95 Å². The molecule has 0 aliphatic rings. The molecule has 0 aliphatic carbocycles. The van der Waals surface area contributed by atoms with Gasteiger partial charge in [-0.3, -0.25) is 0 Å². The standard InChI is InChI=1S/C20H22N4O2/c1-15-14-24(20(21)23-15)22-13-17-8-9-18(19(12-17)25-2)26-11-10-16-6-4-3-5-7-16/h3-9,12-14H,10-11H2,1-2H3,(H2,21,23). The van der Waals surface area contributed by atoms with E-state index in [0.29, 0.717) is 24.1 Å². The van der Waals surface area contributed by atoms with E-state index in [9.17, 15) is 0 Å². The Bertz CT molecular complexity index is 888. The molecule has 0 radical (unpaired) electrons. The monoisotopic (exact) mass is 350 g/mol. The maximum Gasteiger partial charge on any atom is 0.221 e. The first-order chi connectivity index (χ1) is 12.7. The fourth-order valence-electron chi connectivity index (χ4n) is 2.53. The third kappa shape index (κ3) is 4.42. The Morgan fingerprint density at radius 2 is 1.96 bits per heavy atom. The zero-order valence-corrected chi connectivity index (χ0v) is 14.9. The van der Waals surface area contributed by atoms with Crippen LogP contribution in [0, 0.1) is 6.92 Å². The van der Waals surface area contributed by atoms with E-state index in [-0.39, 0.29) is 0 Å². The molecular weight excluding hydrogens is 328 g/mol. The molecule has 6 nitrogen and oxygen atoms in total. The minimum absolute atomic E-state index is 0.353. The quantitative estimate of drug-likeness (QED) is 0.664. The van der Waals surface area contributed by atoms with E-state index in [2.05, 4.69) is 22.2 Å². The van der Waals surface area contributed by atoms with Gasteiger partial charge in [0.1, 0.15) is 0 Å². The van der Waals surface area contributed by atoms with E-state index in [0.717, 1.165) is 17.7 Å². The number of aromatic nitrogens is 2. The number of benzene rings is 2. The Labute approximate surface area is 152 Å². The van der Waals surface area contributed by atoms with Crippen LogP contribution < -0.4 is 15.2 Å². The van der Waals surface area contributed by atoms with E-state index in [1.165, 1.54) is 10.2 Å². The Hall–Kier alpha value is -3.28. The largest absolute Gasteiger partial charge is 0.493 e. The molecule has 26 heavy (non-hydrogen) atoms. The number of hydrogen-bond acceptors (Lipinski definition) is 5. The van der Waals surface area contributed by atoms with Crippen LogP contribution in [0.25, 0.3) is 0 Å². The Morgan fingerprint density at radius 3 is 2.65 bits per heavy atom. The van der Waals surface area contributed by atoms with Crippen molar-refractivity contribution < 1.29 is 9.47 Å². The zero-order valence-electron chi connectivity index (χ0n) is 14.9. The van der Waals surface area contributed by atoms with Crippen LogP contribution in [0.2, 0.25) is 0 Å². The number of hydrogen-bond donors (Lipinski definition) is 1. The lowest BCUT2D eigenvalue weighted by Crippen LogP contribution is -2.03. The Morgan fingerprint density at radius 1 is 1.15 bits per heavy atom. The maximum absolute atomic E-state index is 5.87. The van der Waals surface area contributed by atoms with Crippen molar-refractivity contribution in [3.05, 3.63) is 71.5 Å². The summed E-state index contributed by atoms with van der Waals surface area (Å²) < 4.78 is 12.8. The van der Waals surface area contributed by atoms with Crippen molar-refractivity contribution in [3.8, 4) is 11.5 Å². The third-order valence-corrected chi connectivity index (χ3v) is 3.84. The van der Waals surface area contributed by atoms with Crippen LogP contribution in [0.5, 0.6) is 11.5 Å². The highest BCUT2D eigenvalue weighted by Crippen LogP contribution is 2.27. The molecule has 0 saturated carbocycles. The van der Waals surface area contributed by atoms with E-state index >= 15 is 0 Å². The number of rotatable bonds is 7. The summed E-state index contributed by atoms with van der Waals surface area (Å²) in [6, 6.07) is 15.9. The molecule has 0 aliphatic heterocycles. The van der Waals surface area contributed by atoms with Crippen molar-refractivity contribution in [1.29, 1.82) is 0 Å². The van der Waals surface area contributed by atoms with Gasteiger partial charge in [-0.2, -0.15) is 5.10 Å². The first-order valence-electron chi connectivity index (χ1n) is 8.36. The molecule has 0 spiro atoms. The van der Waals surface area contributed by atoms with E-state index in [1.807, 2.05) is 43.3 Å². The molecule has 3 rings (SSSR count). The van der Waals surface area contributed by atoms with Gasteiger partial charge in [-0.1, -0.05) is 30.3 Å². The maximum atomic E-state index is 5.87. The van der Waals surface area contributed by atoms with E-state index in [4.69, 9.17) is 15.2 Å². The van der Waals surface area contributed by atoms with Gasteiger partial charge in [0.15, 0.2) is 11.5 Å². The fourth-order valence-corrected chi connectivity index (χ4v) is 2.53. The van der Waals surface area contributed by atoms with Gasteiger partial charge in [-0.25, -0.2) is 9.66 Å². The van der Waals surface area contributed by atoms with Gasteiger partial charge >= 0.3 is 0 Å². The van der Waals surface area contributed by atoms with Crippen molar-refractivity contribution in [2.24, 2.45) is 5.10 Å². The second-order valence-electron chi connectivity index (χ2n) is 5.82. The lowest BCUT2D eigenvalue weighted by atomic mass is 10.2. The summed E-state index contributed by atoms with van der Waals surface area (Å²) in [6.07, 6.45) is 4.31. The molecular formula is C20H22N4O2. The molecule has 0 amide bonds. The average molecular weight is 350 g/mol. The molecule has 1 aromatic heterocycles. The molecule has 3 aromatic rings. The van der Waals surface area contributed by atoms with Crippen molar-refractivity contribution in [2.75, 3.05) is 19.5 Å². The van der Waals surface area contributed by atoms with Crippen LogP contribution in [-0.2, 0) is 6.42 Å². The van der Waals surface area contributed by atoms with Gasteiger partial charge in [0, 0.05) is 6.42 Å². The van der Waals surface area contributed by atoms with E-state index in [1.54, 1.807) is 19.5 Å². The lowest BCUT2D eigenvalue weighted by molar-refractivity contribution is 0.297. The molecule has 0 fully saturated rings. The molecule has 0 atom stereocenters. The molecule has 2 aromatic carbocycles. The van der Waals surface area contributed by atoms with Gasteiger partial charge in [-0.15, -0.1) is 0 Å². The van der Waals surface area contributed by atoms with Gasteiger partial charge in [0.25, 0.3) is 0 Å². The number of nitrogen functional groups attached to an aromatic ring is 1. The summed E-state index contributed by atoms with van der Waals surface area (Å²) in [5.74, 6) is 1.72. The number of aryl methyl sites for hydroxylation is 1. The van der Waals surface area contributed by atoms with Gasteiger partial charge in [0.05, 0.1) is 31.8 Å². The third-order valence-electron chi connectivity index (χ3n) is 3.84. The SMILES string of the molecule is COc1cc(C=Nn2cc(C)nc2N)ccc1OCCc1ccccc1. The highest BCUT2D eigenvalue weighted by Gasteiger charge is 2.06. The van der Waals surface area contributed by atoms with Crippen LogP contribution in [-0.4, -0.2) is 29.6 Å². The van der Waals surface area contributed by atoms with Crippen LogP contribution in [0.3, 0.4) is 0 Å². The number of nitrogens with two attached hydrogens (primary N) is 1. The summed E-state index contributed by atoms with van der Waals surface area (Å²) >= 11 is 0. The summed E-state index contributed by atoms with van der Waals surface area (Å²) in [7, 11) is 1.62. The van der Waals surface area contributed by atoms with Crippen LogP contribution >= 0.6 is 0 Å². The molecule has 134 valence electrons. The highest BCUT2D eigenvalue weighted by molar-refractivity contribution is 5.81. The summed E-state index contributed by atoms with van der Waals surface area (Å²) in [5.41, 5.74) is 8.72. The molecule has 0 unspecified atom stereocenters. The van der Waals surface area contributed by atoms with E-state index < -0.39 is 0 Å². The fraction of sp³-hybridized carbons (Fsp3) is 0.200. The minimum atomic E-state index is 0.353. The predicted molar refractivity (Wildman–Crippen MR) is 103 cm³/mol. The topological polar surface area (TPSA) is 74.7 Å². The Balaban J connectivity index is 1.66. The van der Waals surface area contributed by atoms with Crippen LogP contribution in [0.15, 0.2) is 59.8 Å². The number of nitrogens with zero attached hydrogens (tertiary/aromatic N) is 3. The summed E-state index contributed by atoms with van der Waals surface area (Å²) in [4.78, 5) is 4.11. The molecule has 1 heterocycles. The molecule has 0 bridgehead atoms. The second kappa shape index (κ2) is 8.20. The van der Waals surface area contributed by atoms with Gasteiger partial charge < -0.3 is 15.2 Å². The average Bonchev–Trinajstić information content (AvgIpc) is 2.98. The number of imidazole rings is 1. The van der Waals surface area contributed by atoms with Crippen LogP contribution in [0.1, 0.15) is 16.8 Å². The molecule has 6 heteroatoms. The van der Waals surface area contributed by atoms with Crippen molar-refractivity contribution >= 4 is 12.2 Å². The number of ether oxygens (including phenoxy) is 2.